The van der Waals surface area contributed by atoms with Crippen LogP contribution in [0.5, 0.6) is 5.75 Å². The average molecular weight is 272 g/mol. The third kappa shape index (κ3) is 3.02. The summed E-state index contributed by atoms with van der Waals surface area (Å²) < 4.78 is 7.26. The van der Waals surface area contributed by atoms with Crippen LogP contribution in [0.15, 0.2) is 41.2 Å². The minimum atomic E-state index is -0.184. The molecular weight excluding hydrogens is 252 g/mol. The quantitative estimate of drug-likeness (QED) is 0.931. The Kier molecular flexibility index (Phi) is 4.13. The molecule has 2 aromatic rings. The highest BCUT2D eigenvalue weighted by Crippen LogP contribution is 2.23. The fourth-order valence-corrected chi connectivity index (χ4v) is 1.95. The van der Waals surface area contributed by atoms with Crippen molar-refractivity contribution in [3.05, 3.63) is 46.8 Å². The maximum atomic E-state index is 11.9. The molecule has 0 unspecified atom stereocenters. The zero-order chi connectivity index (χ0) is 14.7. The number of anilines is 1. The van der Waals surface area contributed by atoms with Crippen LogP contribution in [-0.2, 0) is 7.05 Å². The van der Waals surface area contributed by atoms with E-state index in [0.29, 0.717) is 12.5 Å². The highest BCUT2D eigenvalue weighted by Gasteiger charge is 2.07. The van der Waals surface area contributed by atoms with E-state index < -0.39 is 0 Å². The molecule has 20 heavy (non-hydrogen) atoms. The fraction of sp³-hybridized carbons (Fsp3) is 0.312. The number of hydrogen-bond acceptors (Lipinski definition) is 3. The van der Waals surface area contributed by atoms with Crippen molar-refractivity contribution in [1.82, 2.24) is 4.57 Å². The van der Waals surface area contributed by atoms with E-state index in [1.807, 2.05) is 30.3 Å². The number of ether oxygens (including phenoxy) is 1. The Morgan fingerprint density at radius 3 is 2.70 bits per heavy atom. The largest absolute Gasteiger partial charge is 0.493 e. The third-order valence-corrected chi connectivity index (χ3v) is 3.05. The third-order valence-electron chi connectivity index (χ3n) is 3.05. The molecule has 1 aromatic carbocycles. The number of aromatic nitrogens is 1. The first-order chi connectivity index (χ1) is 9.49. The van der Waals surface area contributed by atoms with Crippen molar-refractivity contribution in [2.24, 2.45) is 13.0 Å². The van der Waals surface area contributed by atoms with Crippen LogP contribution >= 0.6 is 0 Å². The summed E-state index contributed by atoms with van der Waals surface area (Å²) in [6.45, 7) is 4.88. The van der Waals surface area contributed by atoms with Gasteiger partial charge in [0.25, 0.3) is 5.56 Å². The van der Waals surface area contributed by atoms with Crippen molar-refractivity contribution in [3.63, 3.8) is 0 Å². The highest BCUT2D eigenvalue weighted by molar-refractivity contribution is 5.63. The average Bonchev–Trinajstić information content (AvgIpc) is 2.43. The summed E-state index contributed by atoms with van der Waals surface area (Å²) in [4.78, 5) is 11.9. The van der Waals surface area contributed by atoms with Gasteiger partial charge in [0.15, 0.2) is 0 Å². The molecule has 2 N–H and O–H groups in total. The van der Waals surface area contributed by atoms with Gasteiger partial charge < -0.3 is 15.0 Å². The Bertz CT molecular complexity index is 660. The maximum absolute atomic E-state index is 11.9. The minimum Gasteiger partial charge on any atom is -0.493 e. The number of rotatable bonds is 4. The van der Waals surface area contributed by atoms with Crippen LogP contribution in [0, 0.1) is 5.92 Å². The summed E-state index contributed by atoms with van der Waals surface area (Å²) in [5.74, 6) is 1.28. The molecule has 0 bridgehead atoms. The van der Waals surface area contributed by atoms with Crippen LogP contribution in [0.25, 0.3) is 11.3 Å². The number of benzene rings is 1. The molecule has 0 radical (unpaired) electrons. The number of nitrogens with two attached hydrogens (primary N) is 1. The van der Waals surface area contributed by atoms with Crippen molar-refractivity contribution in [3.8, 4) is 17.0 Å². The Hall–Kier alpha value is -2.23. The molecule has 0 atom stereocenters. The van der Waals surface area contributed by atoms with Crippen molar-refractivity contribution in [2.45, 2.75) is 13.8 Å². The second kappa shape index (κ2) is 5.82. The summed E-state index contributed by atoms with van der Waals surface area (Å²) in [6, 6.07) is 11.2. The lowest BCUT2D eigenvalue weighted by Gasteiger charge is -2.12. The summed E-state index contributed by atoms with van der Waals surface area (Å²) in [7, 11) is 1.72. The van der Waals surface area contributed by atoms with E-state index in [1.54, 1.807) is 17.7 Å². The standard InChI is InChI=1S/C16H20N2O2/c1-11(2)10-20-13-6-4-5-12(9-13)15-8-7-14(17)16(19)18(15)3/h4-9,11H,10,17H2,1-3H3. The SMILES string of the molecule is CC(C)COc1cccc(-c2ccc(N)c(=O)n2C)c1. The van der Waals surface area contributed by atoms with Gasteiger partial charge in [0, 0.05) is 12.6 Å². The summed E-state index contributed by atoms with van der Waals surface area (Å²) in [5, 5.41) is 0. The van der Waals surface area contributed by atoms with E-state index in [9.17, 15) is 4.79 Å². The van der Waals surface area contributed by atoms with E-state index in [2.05, 4.69) is 13.8 Å². The van der Waals surface area contributed by atoms with Gasteiger partial charge >= 0.3 is 0 Å². The molecule has 1 heterocycles. The van der Waals surface area contributed by atoms with Gasteiger partial charge in [-0.3, -0.25) is 4.79 Å². The lowest BCUT2D eigenvalue weighted by molar-refractivity contribution is 0.271. The molecule has 2 rings (SSSR count). The van der Waals surface area contributed by atoms with Crippen molar-refractivity contribution in [2.75, 3.05) is 12.3 Å². The normalized spacial score (nSPS) is 10.8. The molecule has 0 saturated carbocycles. The first kappa shape index (κ1) is 14.2. The molecule has 0 amide bonds. The molecule has 0 saturated heterocycles. The molecule has 106 valence electrons. The van der Waals surface area contributed by atoms with Crippen molar-refractivity contribution < 1.29 is 4.74 Å². The number of pyridine rings is 1. The lowest BCUT2D eigenvalue weighted by Crippen LogP contribution is -2.21. The number of nitrogen functional groups attached to an aromatic ring is 1. The Morgan fingerprint density at radius 2 is 2.00 bits per heavy atom. The van der Waals surface area contributed by atoms with Crippen LogP contribution in [0.1, 0.15) is 13.8 Å². The van der Waals surface area contributed by atoms with E-state index in [4.69, 9.17) is 10.5 Å². The van der Waals surface area contributed by atoms with E-state index in [-0.39, 0.29) is 11.2 Å². The van der Waals surface area contributed by atoms with Crippen molar-refractivity contribution >= 4 is 5.69 Å². The van der Waals surface area contributed by atoms with Gasteiger partial charge in [0.2, 0.25) is 0 Å². The molecule has 1 aromatic heterocycles. The van der Waals surface area contributed by atoms with E-state index in [0.717, 1.165) is 17.0 Å². The summed E-state index contributed by atoms with van der Waals surface area (Å²) in [5.41, 5.74) is 7.44. The Morgan fingerprint density at radius 1 is 1.25 bits per heavy atom. The zero-order valence-corrected chi connectivity index (χ0v) is 12.1. The van der Waals surface area contributed by atoms with Gasteiger partial charge in [-0.2, -0.15) is 0 Å². The molecule has 0 aliphatic rings. The van der Waals surface area contributed by atoms with Crippen LogP contribution in [0.2, 0.25) is 0 Å². The molecule has 4 heteroatoms. The van der Waals surface area contributed by atoms with E-state index in [1.165, 1.54) is 0 Å². The minimum absolute atomic E-state index is 0.184. The summed E-state index contributed by atoms with van der Waals surface area (Å²) in [6.07, 6.45) is 0. The van der Waals surface area contributed by atoms with Gasteiger partial charge in [-0.15, -0.1) is 0 Å². The second-order valence-corrected chi connectivity index (χ2v) is 5.27. The summed E-state index contributed by atoms with van der Waals surface area (Å²) >= 11 is 0. The Balaban J connectivity index is 2.36. The predicted molar refractivity (Wildman–Crippen MR) is 81.9 cm³/mol. The zero-order valence-electron chi connectivity index (χ0n) is 12.1. The smallest absolute Gasteiger partial charge is 0.273 e. The lowest BCUT2D eigenvalue weighted by atomic mass is 10.1. The maximum Gasteiger partial charge on any atom is 0.273 e. The van der Waals surface area contributed by atoms with Gasteiger partial charge in [0.05, 0.1) is 18.0 Å². The molecular formula is C16H20N2O2. The van der Waals surface area contributed by atoms with Gasteiger partial charge in [0.1, 0.15) is 5.75 Å². The van der Waals surface area contributed by atoms with Crippen LogP contribution in [0.3, 0.4) is 0 Å². The number of nitrogens with zero attached hydrogens (tertiary/aromatic N) is 1. The fourth-order valence-electron chi connectivity index (χ4n) is 1.95. The van der Waals surface area contributed by atoms with Gasteiger partial charge in [-0.05, 0) is 30.2 Å². The van der Waals surface area contributed by atoms with Crippen molar-refractivity contribution in [1.29, 1.82) is 0 Å². The molecule has 0 spiro atoms. The van der Waals surface area contributed by atoms with Gasteiger partial charge in [-0.1, -0.05) is 26.0 Å². The first-order valence-corrected chi connectivity index (χ1v) is 6.68. The van der Waals surface area contributed by atoms with Gasteiger partial charge in [-0.25, -0.2) is 0 Å². The van der Waals surface area contributed by atoms with Crippen LogP contribution < -0.4 is 16.0 Å². The second-order valence-electron chi connectivity index (χ2n) is 5.27. The molecule has 0 aliphatic carbocycles. The topological polar surface area (TPSA) is 57.2 Å². The molecule has 0 fully saturated rings. The predicted octanol–water partition coefficient (Wildman–Crippen LogP) is 2.67. The van der Waals surface area contributed by atoms with Crippen LogP contribution in [-0.4, -0.2) is 11.2 Å². The Labute approximate surface area is 118 Å². The first-order valence-electron chi connectivity index (χ1n) is 6.68. The molecule has 0 aliphatic heterocycles. The highest BCUT2D eigenvalue weighted by atomic mass is 16.5. The van der Waals surface area contributed by atoms with E-state index >= 15 is 0 Å². The van der Waals surface area contributed by atoms with Crippen LogP contribution in [0.4, 0.5) is 5.69 Å². The molecule has 4 nitrogen and oxygen atoms in total. The number of hydrogen-bond donors (Lipinski definition) is 1. The monoisotopic (exact) mass is 272 g/mol.